The number of rotatable bonds is 5. The van der Waals surface area contributed by atoms with Gasteiger partial charge < -0.3 is 5.11 Å². The molecule has 5 nitrogen and oxygen atoms in total. The molecule has 0 radical (unpaired) electrons. The number of sulfonamides is 1. The summed E-state index contributed by atoms with van der Waals surface area (Å²) in [6, 6.07) is 1.24. The summed E-state index contributed by atoms with van der Waals surface area (Å²) in [4.78, 5) is 11.5. The van der Waals surface area contributed by atoms with Gasteiger partial charge in [-0.05, 0) is 31.2 Å². The van der Waals surface area contributed by atoms with Gasteiger partial charge in [-0.2, -0.15) is 0 Å². The van der Waals surface area contributed by atoms with Crippen molar-refractivity contribution < 1.29 is 18.3 Å². The molecule has 0 spiro atoms. The second-order valence-electron chi connectivity index (χ2n) is 5.68. The summed E-state index contributed by atoms with van der Waals surface area (Å²) < 4.78 is 27.2. The van der Waals surface area contributed by atoms with Crippen molar-refractivity contribution >= 4 is 27.3 Å². The van der Waals surface area contributed by atoms with Gasteiger partial charge in [0.25, 0.3) is 0 Å². The highest BCUT2D eigenvalue weighted by Gasteiger charge is 2.31. The Morgan fingerprint density at radius 1 is 1.45 bits per heavy atom. The second kappa shape index (κ2) is 5.46. The number of carboxylic acid groups (broad SMARTS) is 1. The minimum Gasteiger partial charge on any atom is -0.477 e. The number of nitrogens with one attached hydrogen (secondary N) is 1. The molecule has 112 valence electrons. The minimum absolute atomic E-state index is 0.0205. The van der Waals surface area contributed by atoms with E-state index in [0.29, 0.717) is 11.4 Å². The molecule has 1 aromatic rings. The van der Waals surface area contributed by atoms with Crippen molar-refractivity contribution in [2.75, 3.05) is 6.54 Å². The van der Waals surface area contributed by atoms with Crippen molar-refractivity contribution in [2.24, 2.45) is 5.41 Å². The first-order valence-corrected chi connectivity index (χ1v) is 8.87. The molecule has 1 aliphatic carbocycles. The van der Waals surface area contributed by atoms with E-state index in [2.05, 4.69) is 11.6 Å². The molecule has 0 amide bonds. The third-order valence-electron chi connectivity index (χ3n) is 3.87. The average Bonchev–Trinajstić information content (AvgIpc) is 2.94. The molecule has 1 aliphatic rings. The van der Waals surface area contributed by atoms with Gasteiger partial charge in [0.1, 0.15) is 4.88 Å². The zero-order valence-corrected chi connectivity index (χ0v) is 13.2. The zero-order chi connectivity index (χ0) is 15.0. The lowest BCUT2D eigenvalue weighted by atomic mass is 9.89. The van der Waals surface area contributed by atoms with E-state index in [1.165, 1.54) is 6.07 Å². The molecule has 2 rings (SSSR count). The van der Waals surface area contributed by atoms with Crippen LogP contribution in [0.25, 0.3) is 0 Å². The number of aryl methyl sites for hydroxylation is 1. The van der Waals surface area contributed by atoms with Crippen molar-refractivity contribution in [1.29, 1.82) is 0 Å². The molecule has 0 aliphatic heterocycles. The highest BCUT2D eigenvalue weighted by Crippen LogP contribution is 2.37. The van der Waals surface area contributed by atoms with Gasteiger partial charge in [-0.15, -0.1) is 11.3 Å². The molecule has 0 atom stereocenters. The number of aromatic carboxylic acids is 1. The van der Waals surface area contributed by atoms with Crippen LogP contribution in [0.5, 0.6) is 0 Å². The lowest BCUT2D eigenvalue weighted by Crippen LogP contribution is -2.34. The standard InChI is InChI=1S/C13H19NO4S2/c1-9-11(7-10(19-9)12(15)16)20(17,18)14-8-13(2)5-3-4-6-13/h7,14H,3-6,8H2,1-2H3,(H,15,16). The normalized spacial score (nSPS) is 18.3. The van der Waals surface area contributed by atoms with Crippen molar-refractivity contribution in [1.82, 2.24) is 4.72 Å². The summed E-state index contributed by atoms with van der Waals surface area (Å²) in [6.45, 7) is 4.13. The van der Waals surface area contributed by atoms with Crippen LogP contribution in [0.3, 0.4) is 0 Å². The highest BCUT2D eigenvalue weighted by atomic mass is 32.2. The molecule has 1 saturated carbocycles. The summed E-state index contributed by atoms with van der Waals surface area (Å²) >= 11 is 0.988. The van der Waals surface area contributed by atoms with Crippen LogP contribution >= 0.6 is 11.3 Å². The maximum atomic E-state index is 12.3. The zero-order valence-electron chi connectivity index (χ0n) is 11.6. The van der Waals surface area contributed by atoms with Crippen molar-refractivity contribution in [3.63, 3.8) is 0 Å². The average molecular weight is 317 g/mol. The Hall–Kier alpha value is -0.920. The molecule has 0 aromatic carbocycles. The summed E-state index contributed by atoms with van der Waals surface area (Å²) in [7, 11) is -3.63. The Morgan fingerprint density at radius 2 is 2.05 bits per heavy atom. The van der Waals surface area contributed by atoms with E-state index < -0.39 is 16.0 Å². The van der Waals surface area contributed by atoms with E-state index in [-0.39, 0.29) is 15.2 Å². The summed E-state index contributed by atoms with van der Waals surface area (Å²) in [5.41, 5.74) is 0.0205. The Morgan fingerprint density at radius 3 is 2.55 bits per heavy atom. The van der Waals surface area contributed by atoms with Crippen molar-refractivity contribution in [2.45, 2.75) is 44.4 Å². The third kappa shape index (κ3) is 3.21. The number of hydrogen-bond acceptors (Lipinski definition) is 4. The lowest BCUT2D eigenvalue weighted by Gasteiger charge is -2.23. The molecule has 0 bridgehead atoms. The van der Waals surface area contributed by atoms with Crippen molar-refractivity contribution in [3.05, 3.63) is 15.8 Å². The number of carboxylic acids is 1. The van der Waals surface area contributed by atoms with Crippen LogP contribution in [0.2, 0.25) is 0 Å². The van der Waals surface area contributed by atoms with Crippen LogP contribution in [0.1, 0.15) is 47.2 Å². The minimum atomic E-state index is -3.63. The molecular weight excluding hydrogens is 298 g/mol. The van der Waals surface area contributed by atoms with Crippen LogP contribution in [-0.2, 0) is 10.0 Å². The van der Waals surface area contributed by atoms with E-state index in [4.69, 9.17) is 5.11 Å². The Balaban J connectivity index is 2.16. The molecule has 1 aromatic heterocycles. The first kappa shape index (κ1) is 15.5. The van der Waals surface area contributed by atoms with Crippen LogP contribution in [0, 0.1) is 12.3 Å². The lowest BCUT2D eigenvalue weighted by molar-refractivity contribution is 0.0702. The van der Waals surface area contributed by atoms with E-state index in [9.17, 15) is 13.2 Å². The largest absolute Gasteiger partial charge is 0.477 e. The van der Waals surface area contributed by atoms with Crippen LogP contribution < -0.4 is 4.72 Å². The second-order valence-corrected chi connectivity index (χ2v) is 8.67. The number of hydrogen-bond donors (Lipinski definition) is 2. The van der Waals surface area contributed by atoms with E-state index >= 15 is 0 Å². The predicted molar refractivity (Wildman–Crippen MR) is 77.8 cm³/mol. The van der Waals surface area contributed by atoms with E-state index in [1.54, 1.807) is 6.92 Å². The Bertz CT molecular complexity index is 612. The Kier molecular flexibility index (Phi) is 4.22. The van der Waals surface area contributed by atoms with E-state index in [1.807, 2.05) is 0 Å². The predicted octanol–water partition coefficient (Wildman–Crippen LogP) is 2.61. The first-order valence-electron chi connectivity index (χ1n) is 6.57. The highest BCUT2D eigenvalue weighted by molar-refractivity contribution is 7.89. The van der Waals surface area contributed by atoms with Gasteiger partial charge >= 0.3 is 5.97 Å². The molecule has 1 fully saturated rings. The summed E-state index contributed by atoms with van der Waals surface area (Å²) in [5, 5.41) is 8.93. The molecule has 1 heterocycles. The fourth-order valence-corrected chi connectivity index (χ4v) is 5.22. The van der Waals surface area contributed by atoms with Crippen molar-refractivity contribution in [3.8, 4) is 0 Å². The van der Waals surface area contributed by atoms with Crippen LogP contribution in [0.15, 0.2) is 11.0 Å². The number of carbonyl (C=O) groups is 1. The molecule has 7 heteroatoms. The van der Waals surface area contributed by atoms with E-state index in [0.717, 1.165) is 37.0 Å². The van der Waals surface area contributed by atoms with Gasteiger partial charge in [-0.3, -0.25) is 0 Å². The molecule has 0 saturated heterocycles. The summed E-state index contributed by atoms with van der Waals surface area (Å²) in [5.74, 6) is -1.10. The third-order valence-corrected chi connectivity index (χ3v) is 6.57. The van der Waals surface area contributed by atoms with Gasteiger partial charge in [0.2, 0.25) is 10.0 Å². The molecule has 2 N–H and O–H groups in total. The van der Waals surface area contributed by atoms with Gasteiger partial charge in [-0.1, -0.05) is 19.8 Å². The van der Waals surface area contributed by atoms with Gasteiger partial charge in [0.05, 0.1) is 4.90 Å². The van der Waals surface area contributed by atoms with Crippen LogP contribution in [0.4, 0.5) is 0 Å². The Labute approximate surface area is 123 Å². The number of thiophene rings is 1. The van der Waals surface area contributed by atoms with Gasteiger partial charge in [0.15, 0.2) is 0 Å². The maximum Gasteiger partial charge on any atom is 0.345 e. The molecule has 0 unspecified atom stereocenters. The van der Waals surface area contributed by atoms with Gasteiger partial charge in [-0.25, -0.2) is 17.9 Å². The van der Waals surface area contributed by atoms with Crippen LogP contribution in [-0.4, -0.2) is 26.0 Å². The van der Waals surface area contributed by atoms with Gasteiger partial charge in [0, 0.05) is 11.4 Å². The fraction of sp³-hybridized carbons (Fsp3) is 0.615. The SMILES string of the molecule is Cc1sc(C(=O)O)cc1S(=O)(=O)NCC1(C)CCCC1. The smallest absolute Gasteiger partial charge is 0.345 e. The fourth-order valence-electron chi connectivity index (χ4n) is 2.59. The topological polar surface area (TPSA) is 83.5 Å². The quantitative estimate of drug-likeness (QED) is 0.874. The first-order chi connectivity index (χ1) is 9.23. The maximum absolute atomic E-state index is 12.3. The summed E-state index contributed by atoms with van der Waals surface area (Å²) in [6.07, 6.45) is 4.33. The molecular formula is C13H19NO4S2. The molecule has 20 heavy (non-hydrogen) atoms. The monoisotopic (exact) mass is 317 g/mol.